The van der Waals surface area contributed by atoms with E-state index < -0.39 is 49.2 Å². The van der Waals surface area contributed by atoms with Gasteiger partial charge in [-0.2, -0.15) is 0 Å². The van der Waals surface area contributed by atoms with Gasteiger partial charge in [0.1, 0.15) is 36.6 Å². The van der Waals surface area contributed by atoms with Crippen molar-refractivity contribution in [1.82, 2.24) is 0 Å². The first-order chi connectivity index (χ1) is 8.91. The first-order valence-electron chi connectivity index (χ1n) is 5.89. The number of rotatable bonds is 2. The van der Waals surface area contributed by atoms with E-state index in [1.807, 2.05) is 0 Å². The second-order valence-electron chi connectivity index (χ2n) is 4.63. The molecule has 0 aromatic carbocycles. The van der Waals surface area contributed by atoms with Gasteiger partial charge in [0.25, 0.3) is 0 Å². The monoisotopic (exact) mass is 282 g/mol. The smallest absolute Gasteiger partial charge is 0.186 e. The highest BCUT2D eigenvalue weighted by Gasteiger charge is 2.45. The van der Waals surface area contributed by atoms with Crippen LogP contribution in [0.5, 0.6) is 0 Å². The van der Waals surface area contributed by atoms with Crippen LogP contribution in [0.3, 0.4) is 0 Å². The van der Waals surface area contributed by atoms with Gasteiger partial charge in [-0.15, -0.1) is 0 Å². The van der Waals surface area contributed by atoms with Gasteiger partial charge in [-0.25, -0.2) is 0 Å². The average Bonchev–Trinajstić information content (AvgIpc) is 2.39. The molecule has 2 saturated heterocycles. The maximum absolute atomic E-state index is 9.68. The third-order valence-corrected chi connectivity index (χ3v) is 3.20. The summed E-state index contributed by atoms with van der Waals surface area (Å²) in [5.41, 5.74) is 0. The van der Waals surface area contributed by atoms with Gasteiger partial charge in [-0.05, 0) is 0 Å². The molecule has 112 valence electrons. The molecule has 2 heterocycles. The molecule has 0 radical (unpaired) electrons. The minimum Gasteiger partial charge on any atom is -0.388 e. The molecule has 2 aliphatic heterocycles. The molecule has 0 saturated carbocycles. The summed E-state index contributed by atoms with van der Waals surface area (Å²) >= 11 is 0. The molecular formula is C10H18O9. The second-order valence-corrected chi connectivity index (χ2v) is 4.63. The minimum absolute atomic E-state index is 0.252. The van der Waals surface area contributed by atoms with Gasteiger partial charge in [0.15, 0.2) is 12.6 Å². The van der Waals surface area contributed by atoms with Crippen molar-refractivity contribution < 1.29 is 44.8 Å². The largest absolute Gasteiger partial charge is 0.388 e. The first-order valence-corrected chi connectivity index (χ1v) is 5.89. The summed E-state index contributed by atoms with van der Waals surface area (Å²) in [5.74, 6) is 0. The Morgan fingerprint density at radius 2 is 1.32 bits per heavy atom. The van der Waals surface area contributed by atoms with E-state index in [0.29, 0.717) is 0 Å². The summed E-state index contributed by atoms with van der Waals surface area (Å²) in [6.45, 7) is -0.525. The molecule has 2 fully saturated rings. The van der Waals surface area contributed by atoms with Crippen LogP contribution in [0, 0.1) is 0 Å². The van der Waals surface area contributed by atoms with Crippen LogP contribution >= 0.6 is 0 Å². The summed E-state index contributed by atoms with van der Waals surface area (Å²) in [4.78, 5) is 0. The molecule has 2 rings (SSSR count). The first kappa shape index (κ1) is 15.0. The number of ether oxygens (including phenoxy) is 3. The Labute approximate surface area is 108 Å². The SMILES string of the molecule is OC1OC[C@@H](O)[C@H](O)[C@H]1O[C@@H]1OC[C@@H](O)[C@H](O)[C@H]1O. The van der Waals surface area contributed by atoms with Gasteiger partial charge in [-0.3, -0.25) is 0 Å². The molecule has 0 aromatic heterocycles. The normalized spacial score (nSPS) is 52.1. The molecule has 9 nitrogen and oxygen atoms in total. The summed E-state index contributed by atoms with van der Waals surface area (Å²) in [6, 6.07) is 0. The van der Waals surface area contributed by atoms with Gasteiger partial charge in [0, 0.05) is 0 Å². The van der Waals surface area contributed by atoms with Crippen molar-refractivity contribution in [3.8, 4) is 0 Å². The van der Waals surface area contributed by atoms with Crippen molar-refractivity contribution in [1.29, 1.82) is 0 Å². The molecule has 6 N–H and O–H groups in total. The van der Waals surface area contributed by atoms with E-state index in [9.17, 15) is 30.6 Å². The maximum atomic E-state index is 9.68. The third-order valence-electron chi connectivity index (χ3n) is 3.20. The van der Waals surface area contributed by atoms with Crippen molar-refractivity contribution >= 4 is 0 Å². The summed E-state index contributed by atoms with van der Waals surface area (Å²) in [7, 11) is 0. The van der Waals surface area contributed by atoms with E-state index in [1.54, 1.807) is 0 Å². The van der Waals surface area contributed by atoms with E-state index in [0.717, 1.165) is 0 Å². The number of hydrogen-bond donors (Lipinski definition) is 6. The fourth-order valence-corrected chi connectivity index (χ4v) is 1.98. The molecule has 1 unspecified atom stereocenters. The van der Waals surface area contributed by atoms with Crippen LogP contribution in [0.25, 0.3) is 0 Å². The molecule has 19 heavy (non-hydrogen) atoms. The highest BCUT2D eigenvalue weighted by molar-refractivity contribution is 4.87. The zero-order valence-electron chi connectivity index (χ0n) is 9.94. The molecule has 0 amide bonds. The molecule has 2 aliphatic rings. The molecule has 9 heteroatoms. The fourth-order valence-electron chi connectivity index (χ4n) is 1.98. The zero-order chi connectivity index (χ0) is 14.2. The van der Waals surface area contributed by atoms with Crippen LogP contribution in [0.4, 0.5) is 0 Å². The van der Waals surface area contributed by atoms with Gasteiger partial charge in [-0.1, -0.05) is 0 Å². The van der Waals surface area contributed by atoms with Gasteiger partial charge >= 0.3 is 0 Å². The van der Waals surface area contributed by atoms with Crippen LogP contribution in [-0.2, 0) is 14.2 Å². The summed E-state index contributed by atoms with van der Waals surface area (Å²) in [5, 5.41) is 57.0. The molecule has 0 aromatic rings. The van der Waals surface area contributed by atoms with Crippen molar-refractivity contribution in [2.24, 2.45) is 0 Å². The van der Waals surface area contributed by atoms with Crippen molar-refractivity contribution in [2.75, 3.05) is 13.2 Å². The molecule has 0 bridgehead atoms. The maximum Gasteiger partial charge on any atom is 0.186 e. The van der Waals surface area contributed by atoms with E-state index in [4.69, 9.17) is 14.2 Å². The van der Waals surface area contributed by atoms with Gasteiger partial charge in [0.2, 0.25) is 0 Å². The zero-order valence-corrected chi connectivity index (χ0v) is 9.94. The molecule has 8 atom stereocenters. The van der Waals surface area contributed by atoms with Crippen molar-refractivity contribution in [3.05, 3.63) is 0 Å². The number of hydrogen-bond acceptors (Lipinski definition) is 9. The Morgan fingerprint density at radius 1 is 0.737 bits per heavy atom. The number of aliphatic hydroxyl groups excluding tert-OH is 6. The lowest BCUT2D eigenvalue weighted by Crippen LogP contribution is -2.60. The van der Waals surface area contributed by atoms with Crippen LogP contribution in [0.15, 0.2) is 0 Å². The Balaban J connectivity index is 1.99. The Hall–Kier alpha value is -0.360. The van der Waals surface area contributed by atoms with Crippen molar-refractivity contribution in [3.63, 3.8) is 0 Å². The minimum atomic E-state index is -1.55. The van der Waals surface area contributed by atoms with Gasteiger partial charge < -0.3 is 44.8 Å². The van der Waals surface area contributed by atoms with Crippen LogP contribution in [-0.4, -0.2) is 93.1 Å². The third kappa shape index (κ3) is 3.05. The lowest BCUT2D eigenvalue weighted by atomic mass is 10.0. The Bertz CT molecular complexity index is 301. The summed E-state index contributed by atoms with van der Waals surface area (Å²) in [6.07, 6.45) is -11.2. The molecular weight excluding hydrogens is 264 g/mol. The number of aliphatic hydroxyl groups is 6. The van der Waals surface area contributed by atoms with E-state index in [1.165, 1.54) is 0 Å². The standard InChI is InChI=1S/C10H18O9/c11-3-2-18-10(7(15)5(3)13)19-8-6(14)4(12)1-17-9(8)16/h3-16H,1-2H2/t3-,4-,5+,6+,7-,8-,9?,10+/m1/s1. The molecule has 0 aliphatic carbocycles. The Kier molecular flexibility index (Phi) is 4.71. The van der Waals surface area contributed by atoms with E-state index >= 15 is 0 Å². The second kappa shape index (κ2) is 5.95. The van der Waals surface area contributed by atoms with Crippen LogP contribution < -0.4 is 0 Å². The molecule has 0 spiro atoms. The van der Waals surface area contributed by atoms with Gasteiger partial charge in [0.05, 0.1) is 13.2 Å². The average molecular weight is 282 g/mol. The highest BCUT2D eigenvalue weighted by atomic mass is 16.7. The van der Waals surface area contributed by atoms with Crippen LogP contribution in [0.1, 0.15) is 0 Å². The quantitative estimate of drug-likeness (QED) is 0.297. The topological polar surface area (TPSA) is 149 Å². The lowest BCUT2D eigenvalue weighted by Gasteiger charge is -2.41. The fraction of sp³-hybridized carbons (Fsp3) is 1.00. The highest BCUT2D eigenvalue weighted by Crippen LogP contribution is 2.23. The summed E-state index contributed by atoms with van der Waals surface area (Å²) < 4.78 is 14.9. The van der Waals surface area contributed by atoms with Crippen molar-refractivity contribution in [2.45, 2.75) is 49.2 Å². The predicted octanol–water partition coefficient (Wildman–Crippen LogP) is -4.12. The Morgan fingerprint density at radius 3 is 2.00 bits per heavy atom. The van der Waals surface area contributed by atoms with E-state index in [2.05, 4.69) is 0 Å². The van der Waals surface area contributed by atoms with Crippen LogP contribution in [0.2, 0.25) is 0 Å². The van der Waals surface area contributed by atoms with E-state index in [-0.39, 0.29) is 13.2 Å². The lowest BCUT2D eigenvalue weighted by molar-refractivity contribution is -0.336. The predicted molar refractivity (Wildman–Crippen MR) is 56.6 cm³/mol.